The largest absolute Gasteiger partial charge is 0.383 e. The van der Waals surface area contributed by atoms with Gasteiger partial charge < -0.3 is 20.7 Å². The summed E-state index contributed by atoms with van der Waals surface area (Å²) in [5.41, 5.74) is 6.59. The normalized spacial score (nSPS) is 27.8. The van der Waals surface area contributed by atoms with Gasteiger partial charge in [-0.05, 0) is 63.0 Å². The molecule has 0 bridgehead atoms. The molecule has 0 aromatic carbocycles. The van der Waals surface area contributed by atoms with Crippen molar-refractivity contribution in [2.45, 2.75) is 88.4 Å². The number of nitrogens with zero attached hydrogens (tertiary/aromatic N) is 3. The van der Waals surface area contributed by atoms with Gasteiger partial charge in [-0.2, -0.15) is 0 Å². The second-order valence-electron chi connectivity index (χ2n) is 10.7. The number of ether oxygens (including phenoxy) is 1. The Bertz CT molecular complexity index is 808. The maximum Gasteiger partial charge on any atom is 0.256 e. The summed E-state index contributed by atoms with van der Waals surface area (Å²) in [5.74, 6) is 0.535. The predicted molar refractivity (Wildman–Crippen MR) is 136 cm³/mol. The Hall–Kier alpha value is -2.03. The summed E-state index contributed by atoms with van der Waals surface area (Å²) in [6.45, 7) is 3.04. The Labute approximate surface area is 210 Å². The van der Waals surface area contributed by atoms with Gasteiger partial charge in [-0.15, -0.1) is 0 Å². The van der Waals surface area contributed by atoms with Gasteiger partial charge in [0.25, 0.3) is 5.91 Å². The van der Waals surface area contributed by atoms with Crippen molar-refractivity contribution >= 4 is 11.8 Å². The van der Waals surface area contributed by atoms with E-state index in [1.165, 1.54) is 32.1 Å². The number of amides is 2. The van der Waals surface area contributed by atoms with Gasteiger partial charge in [0.15, 0.2) is 0 Å². The molecule has 8 nitrogen and oxygen atoms in total. The van der Waals surface area contributed by atoms with Gasteiger partial charge in [0.2, 0.25) is 5.91 Å². The van der Waals surface area contributed by atoms with E-state index < -0.39 is 6.04 Å². The number of rotatable bonds is 9. The first-order valence-electron chi connectivity index (χ1n) is 13.5. The summed E-state index contributed by atoms with van der Waals surface area (Å²) in [4.78, 5) is 35.4. The van der Waals surface area contributed by atoms with Crippen molar-refractivity contribution in [2.75, 3.05) is 33.4 Å². The van der Waals surface area contributed by atoms with Gasteiger partial charge in [0, 0.05) is 57.3 Å². The zero-order chi connectivity index (χ0) is 24.6. The molecule has 2 amide bonds. The van der Waals surface area contributed by atoms with E-state index in [2.05, 4.69) is 15.2 Å². The lowest BCUT2D eigenvalue weighted by Crippen LogP contribution is -2.50. The van der Waals surface area contributed by atoms with Crippen molar-refractivity contribution < 1.29 is 14.3 Å². The van der Waals surface area contributed by atoms with Crippen LogP contribution in [0.5, 0.6) is 0 Å². The Morgan fingerprint density at radius 1 is 1.17 bits per heavy atom. The van der Waals surface area contributed by atoms with Crippen LogP contribution in [-0.2, 0) is 9.53 Å². The minimum absolute atomic E-state index is 0.0328. The fourth-order valence-corrected chi connectivity index (χ4v) is 6.10. The van der Waals surface area contributed by atoms with Crippen LogP contribution in [0.15, 0.2) is 24.5 Å². The quantitative estimate of drug-likeness (QED) is 0.558. The number of methoxy groups -OCH3 is 1. The molecule has 3 aliphatic rings. The van der Waals surface area contributed by atoms with Gasteiger partial charge in [0.05, 0.1) is 12.2 Å². The summed E-state index contributed by atoms with van der Waals surface area (Å²) in [6, 6.07) is 3.60. The lowest BCUT2D eigenvalue weighted by Gasteiger charge is -2.33. The number of likely N-dealkylation sites (tertiary alicyclic amines) is 1. The third-order valence-corrected chi connectivity index (χ3v) is 8.19. The minimum atomic E-state index is -0.472. The van der Waals surface area contributed by atoms with Crippen LogP contribution in [0.3, 0.4) is 0 Å². The van der Waals surface area contributed by atoms with Gasteiger partial charge in [0.1, 0.15) is 6.04 Å². The molecule has 1 aliphatic heterocycles. The van der Waals surface area contributed by atoms with Crippen LogP contribution in [-0.4, -0.2) is 84.1 Å². The molecule has 4 rings (SSSR count). The highest BCUT2D eigenvalue weighted by Gasteiger charge is 2.43. The molecule has 8 heteroatoms. The van der Waals surface area contributed by atoms with Crippen LogP contribution >= 0.6 is 0 Å². The molecule has 2 heterocycles. The monoisotopic (exact) mass is 485 g/mol. The van der Waals surface area contributed by atoms with Crippen molar-refractivity contribution in [2.24, 2.45) is 11.7 Å². The van der Waals surface area contributed by atoms with Crippen molar-refractivity contribution in [1.29, 1.82) is 0 Å². The van der Waals surface area contributed by atoms with Crippen LogP contribution < -0.4 is 11.1 Å². The molecular weight excluding hydrogens is 442 g/mol. The molecule has 3 N–H and O–H groups in total. The van der Waals surface area contributed by atoms with Crippen LogP contribution in [0.2, 0.25) is 0 Å². The van der Waals surface area contributed by atoms with Crippen molar-refractivity contribution in [3.05, 3.63) is 30.1 Å². The summed E-state index contributed by atoms with van der Waals surface area (Å²) >= 11 is 0. The Kier molecular flexibility index (Phi) is 9.52. The number of aromatic nitrogens is 1. The first-order valence-corrected chi connectivity index (χ1v) is 13.5. The van der Waals surface area contributed by atoms with Gasteiger partial charge in [-0.1, -0.05) is 19.3 Å². The molecule has 0 spiro atoms. The van der Waals surface area contributed by atoms with E-state index >= 15 is 0 Å². The fraction of sp³-hybridized carbons (Fsp3) is 0.741. The summed E-state index contributed by atoms with van der Waals surface area (Å²) in [6.07, 6.45) is 14.1. The molecule has 2 saturated carbocycles. The van der Waals surface area contributed by atoms with E-state index in [-0.39, 0.29) is 29.9 Å². The van der Waals surface area contributed by atoms with E-state index in [1.807, 2.05) is 0 Å². The smallest absolute Gasteiger partial charge is 0.256 e. The number of nitrogens with two attached hydrogens (primary N) is 1. The van der Waals surface area contributed by atoms with Crippen molar-refractivity contribution in [3.8, 4) is 0 Å². The number of hydrogen-bond acceptors (Lipinski definition) is 6. The lowest BCUT2D eigenvalue weighted by atomic mass is 9.88. The standard InChI is InChI=1S/C27H43N5O3/c1-35-15-14-31(18-20-6-3-2-4-7-20)24-16-25(26(33)30-23-11-9-22(28)10-12-23)32(19-24)27(34)21-8-5-13-29-17-21/h5,8,13,17,20,22-25H,2-4,6-7,9-12,14-16,18-19,28H2,1H3,(H,30,33). The third kappa shape index (κ3) is 7.02. The maximum atomic E-state index is 13.5. The van der Waals surface area contributed by atoms with Crippen LogP contribution in [0.1, 0.15) is 74.6 Å². The van der Waals surface area contributed by atoms with Crippen LogP contribution in [0.4, 0.5) is 0 Å². The van der Waals surface area contributed by atoms with E-state index in [4.69, 9.17) is 10.5 Å². The van der Waals surface area contributed by atoms with Crippen LogP contribution in [0.25, 0.3) is 0 Å². The minimum Gasteiger partial charge on any atom is -0.383 e. The van der Waals surface area contributed by atoms with E-state index in [0.717, 1.165) is 38.8 Å². The molecule has 1 saturated heterocycles. The molecule has 0 radical (unpaired) electrons. The summed E-state index contributed by atoms with van der Waals surface area (Å²) in [7, 11) is 1.73. The number of hydrogen-bond donors (Lipinski definition) is 2. The average Bonchev–Trinajstić information content (AvgIpc) is 3.34. The lowest BCUT2D eigenvalue weighted by molar-refractivity contribution is -0.125. The molecular formula is C27H43N5O3. The van der Waals surface area contributed by atoms with Crippen LogP contribution in [0, 0.1) is 5.92 Å². The topological polar surface area (TPSA) is 101 Å². The number of carbonyl (C=O) groups is 2. The van der Waals surface area contributed by atoms with Gasteiger partial charge in [-0.3, -0.25) is 19.5 Å². The van der Waals surface area contributed by atoms with E-state index in [1.54, 1.807) is 36.5 Å². The average molecular weight is 486 g/mol. The van der Waals surface area contributed by atoms with E-state index in [9.17, 15) is 9.59 Å². The summed E-state index contributed by atoms with van der Waals surface area (Å²) in [5, 5.41) is 3.25. The third-order valence-electron chi connectivity index (χ3n) is 8.19. The fourth-order valence-electron chi connectivity index (χ4n) is 6.10. The molecule has 2 aliphatic carbocycles. The zero-order valence-corrected chi connectivity index (χ0v) is 21.2. The van der Waals surface area contributed by atoms with Gasteiger partial charge >= 0.3 is 0 Å². The SMILES string of the molecule is COCCN(CC1CCCCC1)C1CC(C(=O)NC2CCC(N)CC2)N(C(=O)c2cccnc2)C1. The molecule has 194 valence electrons. The molecule has 35 heavy (non-hydrogen) atoms. The first kappa shape index (κ1) is 26.0. The highest BCUT2D eigenvalue weighted by atomic mass is 16.5. The predicted octanol–water partition coefficient (Wildman–Crippen LogP) is 2.58. The molecule has 2 unspecified atom stereocenters. The second-order valence-corrected chi connectivity index (χ2v) is 10.7. The number of carbonyl (C=O) groups excluding carboxylic acids is 2. The highest BCUT2D eigenvalue weighted by Crippen LogP contribution is 2.29. The summed E-state index contributed by atoms with van der Waals surface area (Å²) < 4.78 is 5.43. The van der Waals surface area contributed by atoms with E-state index in [0.29, 0.717) is 31.1 Å². The van der Waals surface area contributed by atoms with Crippen molar-refractivity contribution in [1.82, 2.24) is 20.1 Å². The van der Waals surface area contributed by atoms with Gasteiger partial charge in [-0.25, -0.2) is 0 Å². The highest BCUT2D eigenvalue weighted by molar-refractivity contribution is 5.97. The number of nitrogens with one attached hydrogen (secondary N) is 1. The molecule has 1 aromatic rings. The Morgan fingerprint density at radius 3 is 2.63 bits per heavy atom. The molecule has 3 fully saturated rings. The Morgan fingerprint density at radius 2 is 1.94 bits per heavy atom. The first-order chi connectivity index (χ1) is 17.0. The second kappa shape index (κ2) is 12.8. The maximum absolute atomic E-state index is 13.5. The zero-order valence-electron chi connectivity index (χ0n) is 21.2. The molecule has 2 atom stereocenters. The number of pyridine rings is 1. The molecule has 1 aromatic heterocycles. The Balaban J connectivity index is 1.49. The van der Waals surface area contributed by atoms with Crippen molar-refractivity contribution in [3.63, 3.8) is 0 Å².